The van der Waals surface area contributed by atoms with Gasteiger partial charge in [-0.25, -0.2) is 0 Å². The van der Waals surface area contributed by atoms with Crippen LogP contribution in [-0.4, -0.2) is 115 Å². The standard InChI is InChI=1S/C48H66N4O7S2/c1-35(53)15-16-36-17-19-37(20-18-36)38(21-26-45-46(2,3)41-33-39(60(54,55)56)22-24-43(41)49(45)29-13-31-51(7,8)9)27-28-48(6)47(4,5)42-34-40(61(57,58)59)23-25-44(42)50(48)30-14-32-52(10,11)12/h17-28,33-34H,13-16,29-32H2,1-12H3/p+3/b28-27+,38-21-,45-26+. The van der Waals surface area contributed by atoms with Gasteiger partial charge in [0.05, 0.1) is 77.1 Å². The highest BCUT2D eigenvalue weighted by Gasteiger charge is 2.57. The van der Waals surface area contributed by atoms with Crippen LogP contribution in [0.25, 0.3) is 5.57 Å². The molecule has 0 spiro atoms. The Kier molecular flexibility index (Phi) is 13.6. The van der Waals surface area contributed by atoms with Crippen LogP contribution in [0.2, 0.25) is 0 Å². The Balaban J connectivity index is 1.69. The second-order valence-electron chi connectivity index (χ2n) is 20.3. The normalized spacial score (nSPS) is 21.0. The highest BCUT2D eigenvalue weighted by atomic mass is 32.2. The van der Waals surface area contributed by atoms with Crippen molar-refractivity contribution in [1.29, 1.82) is 0 Å². The number of rotatable bonds is 17. The third-order valence-electron chi connectivity index (χ3n) is 12.9. The van der Waals surface area contributed by atoms with Crippen LogP contribution in [0.4, 0.5) is 11.4 Å². The summed E-state index contributed by atoms with van der Waals surface area (Å²) in [6.45, 7) is 15.6. The zero-order chi connectivity index (χ0) is 45.6. The third-order valence-corrected chi connectivity index (χ3v) is 14.6. The molecule has 61 heavy (non-hydrogen) atoms. The van der Waals surface area contributed by atoms with Gasteiger partial charge in [-0.15, -0.1) is 0 Å². The van der Waals surface area contributed by atoms with Crippen LogP contribution in [0.15, 0.2) is 100 Å². The van der Waals surface area contributed by atoms with Crippen molar-refractivity contribution in [1.82, 2.24) is 0 Å². The number of carbonyl (C=O) groups is 1. The van der Waals surface area contributed by atoms with Crippen molar-refractivity contribution in [3.63, 3.8) is 0 Å². The molecule has 2 aliphatic rings. The number of nitrogens with zero attached hydrogens (tertiary/aromatic N) is 3. The van der Waals surface area contributed by atoms with Gasteiger partial charge in [0.1, 0.15) is 17.0 Å². The van der Waals surface area contributed by atoms with Crippen LogP contribution in [0.5, 0.6) is 0 Å². The minimum Gasteiger partial charge on any atom is -0.344 e. The number of anilines is 1. The van der Waals surface area contributed by atoms with E-state index >= 15 is 0 Å². The molecule has 11 nitrogen and oxygen atoms in total. The summed E-state index contributed by atoms with van der Waals surface area (Å²) in [5.41, 5.74) is 5.81. The van der Waals surface area contributed by atoms with Gasteiger partial charge in [0.15, 0.2) is 0 Å². The first kappa shape index (κ1) is 48.1. The smallest absolute Gasteiger partial charge is 0.294 e. The Morgan fingerprint density at radius 1 is 0.770 bits per heavy atom. The van der Waals surface area contributed by atoms with E-state index in [0.29, 0.717) is 19.4 Å². The molecule has 3 aromatic carbocycles. The number of carbonyl (C=O) groups excluding carboxylic acids is 1. The van der Waals surface area contributed by atoms with Gasteiger partial charge in [0.2, 0.25) is 0 Å². The summed E-state index contributed by atoms with van der Waals surface area (Å²) in [6.07, 6.45) is 11.6. The molecule has 0 bridgehead atoms. The minimum atomic E-state index is -4.42. The van der Waals surface area contributed by atoms with E-state index in [1.807, 2.05) is 6.07 Å². The molecule has 0 amide bonds. The van der Waals surface area contributed by atoms with Gasteiger partial charge in [-0.05, 0) is 98.9 Å². The number of ketones is 1. The number of fused-ring (bicyclic) bond motifs is 2. The van der Waals surface area contributed by atoms with E-state index in [1.165, 1.54) is 17.0 Å². The predicted octanol–water partition coefficient (Wildman–Crippen LogP) is 6.78. The SMILES string of the molecule is CC(=O)CCc1ccc(C(=C\C=C2\N(CCC[N+](C)(C)C)c3ccc(S(=O)(=O)O)cc3C2(C)C)/C=C/C2(C)[NH+](CCC[N+](C)(C)C)c3ccc(S(=O)(=O)O)cc3C2(C)C)cc1. The van der Waals surface area contributed by atoms with Crippen molar-refractivity contribution < 1.29 is 44.6 Å². The maximum atomic E-state index is 12.4. The largest absolute Gasteiger partial charge is 0.344 e. The zero-order valence-electron chi connectivity index (χ0n) is 38.3. The van der Waals surface area contributed by atoms with Crippen molar-refractivity contribution in [2.45, 2.75) is 93.4 Å². The second-order valence-corrected chi connectivity index (χ2v) is 23.2. The molecular weight excluding hydrogens is 809 g/mol. The van der Waals surface area contributed by atoms with Gasteiger partial charge >= 0.3 is 0 Å². The minimum absolute atomic E-state index is 0.120. The fourth-order valence-electron chi connectivity index (χ4n) is 8.95. The molecule has 0 saturated carbocycles. The number of benzene rings is 3. The Bertz CT molecular complexity index is 2450. The summed E-state index contributed by atoms with van der Waals surface area (Å²) >= 11 is 0. The Morgan fingerprint density at radius 3 is 1.89 bits per heavy atom. The summed E-state index contributed by atoms with van der Waals surface area (Å²) in [4.78, 5) is 15.0. The van der Waals surface area contributed by atoms with Crippen molar-refractivity contribution in [2.75, 3.05) is 73.4 Å². The lowest BCUT2D eigenvalue weighted by atomic mass is 9.71. The number of aryl methyl sites for hydroxylation is 1. The van der Waals surface area contributed by atoms with Crippen molar-refractivity contribution >= 4 is 43.0 Å². The van der Waals surface area contributed by atoms with Crippen molar-refractivity contribution in [2.24, 2.45) is 0 Å². The molecule has 0 saturated heterocycles. The molecule has 2 heterocycles. The van der Waals surface area contributed by atoms with E-state index in [-0.39, 0.29) is 15.6 Å². The van der Waals surface area contributed by atoms with Gasteiger partial charge in [-0.1, -0.05) is 50.3 Å². The maximum Gasteiger partial charge on any atom is 0.294 e. The first-order valence-electron chi connectivity index (χ1n) is 21.2. The monoisotopic (exact) mass is 877 g/mol. The summed E-state index contributed by atoms with van der Waals surface area (Å²) < 4.78 is 71.1. The zero-order valence-corrected chi connectivity index (χ0v) is 40.0. The van der Waals surface area contributed by atoms with E-state index in [1.54, 1.807) is 25.1 Å². The molecule has 0 aliphatic carbocycles. The topological polar surface area (TPSA) is 133 Å². The average Bonchev–Trinajstić information content (AvgIpc) is 3.44. The van der Waals surface area contributed by atoms with E-state index in [0.717, 1.165) is 86.3 Å². The Labute approximate surface area is 365 Å². The Hall–Kier alpha value is -3.95. The first-order chi connectivity index (χ1) is 28.0. The fourth-order valence-corrected chi connectivity index (χ4v) is 9.96. The first-order valence-corrected chi connectivity index (χ1v) is 24.0. The van der Waals surface area contributed by atoms with Crippen LogP contribution >= 0.6 is 0 Å². The number of Topliss-reactive ketones (excluding diaryl/α,β-unsaturated/α-hetero) is 1. The lowest BCUT2D eigenvalue weighted by Gasteiger charge is -2.39. The molecule has 13 heteroatoms. The second kappa shape index (κ2) is 17.3. The van der Waals surface area contributed by atoms with Crippen LogP contribution in [-0.2, 0) is 42.3 Å². The maximum absolute atomic E-state index is 12.4. The molecule has 0 fully saturated rings. The highest BCUT2D eigenvalue weighted by Crippen LogP contribution is 2.49. The highest BCUT2D eigenvalue weighted by molar-refractivity contribution is 7.86. The lowest BCUT2D eigenvalue weighted by molar-refractivity contribution is -0.894. The van der Waals surface area contributed by atoms with Crippen LogP contribution < -0.4 is 9.80 Å². The van der Waals surface area contributed by atoms with Gasteiger partial charge in [0, 0.05) is 54.2 Å². The van der Waals surface area contributed by atoms with Crippen molar-refractivity contribution in [3.8, 4) is 0 Å². The molecule has 332 valence electrons. The molecule has 5 rings (SSSR count). The van der Waals surface area contributed by atoms with E-state index in [9.17, 15) is 30.7 Å². The third kappa shape index (κ3) is 10.8. The van der Waals surface area contributed by atoms with E-state index in [2.05, 4.69) is 130 Å². The summed E-state index contributed by atoms with van der Waals surface area (Å²) in [6, 6.07) is 18.1. The average molecular weight is 878 g/mol. The predicted molar refractivity (Wildman–Crippen MR) is 245 cm³/mol. The van der Waals surface area contributed by atoms with Crippen LogP contribution in [0.3, 0.4) is 0 Å². The molecule has 3 N–H and O–H groups in total. The molecule has 2 atom stereocenters. The fraction of sp³-hybridized carbons (Fsp3) is 0.479. The summed E-state index contributed by atoms with van der Waals surface area (Å²) in [5.74, 6) is 0.139. The number of allylic oxidation sites excluding steroid dienone is 5. The summed E-state index contributed by atoms with van der Waals surface area (Å²) in [7, 11) is 4.16. The molecular formula is C48H69N4O7S2+3. The van der Waals surface area contributed by atoms with Gasteiger partial charge in [-0.2, -0.15) is 16.8 Å². The molecule has 3 aromatic rings. The summed E-state index contributed by atoms with van der Waals surface area (Å²) in [5, 5.41) is 0. The number of nitrogens with one attached hydrogen (secondary N) is 1. The van der Waals surface area contributed by atoms with Crippen LogP contribution in [0, 0.1) is 0 Å². The van der Waals surface area contributed by atoms with Crippen molar-refractivity contribution in [3.05, 3.63) is 113 Å². The molecule has 2 unspecified atom stereocenters. The quantitative estimate of drug-likeness (QED) is 0.0769. The Morgan fingerprint density at radius 2 is 1.33 bits per heavy atom. The number of hydrogen-bond donors (Lipinski definition) is 3. The molecule has 0 aromatic heterocycles. The van der Waals surface area contributed by atoms with E-state index in [4.69, 9.17) is 0 Å². The molecule has 0 radical (unpaired) electrons. The van der Waals surface area contributed by atoms with Gasteiger partial charge < -0.3 is 18.7 Å². The number of quaternary nitrogens is 3. The number of hydrogen-bond acceptors (Lipinski definition) is 6. The van der Waals surface area contributed by atoms with Gasteiger partial charge in [0.25, 0.3) is 20.2 Å². The molecule has 2 aliphatic heterocycles. The van der Waals surface area contributed by atoms with Crippen LogP contribution in [0.1, 0.15) is 83.1 Å². The van der Waals surface area contributed by atoms with Gasteiger partial charge in [-0.3, -0.25) is 14.0 Å². The van der Waals surface area contributed by atoms with E-state index < -0.39 is 36.6 Å². The lowest BCUT2D eigenvalue weighted by Crippen LogP contribution is -3.15.